The van der Waals surface area contributed by atoms with E-state index >= 15 is 0 Å². The van der Waals surface area contributed by atoms with Gasteiger partial charge in [-0.15, -0.1) is 0 Å². The molecular weight excluding hydrogens is 362 g/mol. The zero-order valence-electron chi connectivity index (χ0n) is 17.0. The van der Waals surface area contributed by atoms with Crippen molar-refractivity contribution in [2.24, 2.45) is 0 Å². The summed E-state index contributed by atoms with van der Waals surface area (Å²) in [6, 6.07) is 7.57. The molecule has 1 aromatic carbocycles. The fourth-order valence-electron chi connectivity index (χ4n) is 2.52. The van der Waals surface area contributed by atoms with Crippen molar-refractivity contribution in [1.82, 2.24) is 9.97 Å². The van der Waals surface area contributed by atoms with Gasteiger partial charge in [0, 0.05) is 35.3 Å². The van der Waals surface area contributed by atoms with Gasteiger partial charge in [0.1, 0.15) is 5.82 Å². The van der Waals surface area contributed by atoms with Crippen molar-refractivity contribution >= 4 is 29.0 Å². The van der Waals surface area contributed by atoms with Crippen LogP contribution in [0.2, 0.25) is 0 Å². The highest BCUT2D eigenvalue weighted by Crippen LogP contribution is 2.22. The molecule has 0 bridgehead atoms. The minimum Gasteiger partial charge on any atom is -0.340 e. The van der Waals surface area contributed by atoms with E-state index in [0.717, 1.165) is 41.3 Å². The van der Waals surface area contributed by atoms with Gasteiger partial charge in [-0.05, 0) is 44.0 Å². The Morgan fingerprint density at radius 1 is 1.14 bits per heavy atom. The Kier molecular flexibility index (Phi) is 10.2. The van der Waals surface area contributed by atoms with E-state index in [-0.39, 0.29) is 13.3 Å². The molecule has 1 amide bonds. The third-order valence-corrected chi connectivity index (χ3v) is 3.95. The number of allylic oxidation sites excluding steroid dienone is 3. The monoisotopic (exact) mass is 395 g/mol. The molecular formula is C23H33N5O. The molecule has 1 heterocycles. The smallest absolute Gasteiger partial charge is 0.229 e. The van der Waals surface area contributed by atoms with Gasteiger partial charge >= 0.3 is 0 Å². The van der Waals surface area contributed by atoms with Crippen LogP contribution in [0.15, 0.2) is 54.4 Å². The second kappa shape index (κ2) is 12.3. The molecule has 1 aliphatic carbocycles. The highest BCUT2D eigenvalue weighted by atomic mass is 16.1. The van der Waals surface area contributed by atoms with Crippen molar-refractivity contribution in [2.45, 2.75) is 54.4 Å². The lowest BCUT2D eigenvalue weighted by molar-refractivity contribution is -0.115. The van der Waals surface area contributed by atoms with E-state index in [1.807, 2.05) is 58.0 Å². The Bertz CT molecular complexity index is 858. The lowest BCUT2D eigenvalue weighted by Crippen LogP contribution is -2.09. The minimum absolute atomic E-state index is 0. The maximum absolute atomic E-state index is 11.6. The summed E-state index contributed by atoms with van der Waals surface area (Å²) in [4.78, 5) is 20.5. The Hall–Kier alpha value is -3.15. The molecule has 0 spiro atoms. The maximum Gasteiger partial charge on any atom is 0.229 e. The number of rotatable bonds is 6. The van der Waals surface area contributed by atoms with Gasteiger partial charge in [-0.25, -0.2) is 4.98 Å². The molecule has 1 aliphatic rings. The summed E-state index contributed by atoms with van der Waals surface area (Å²) in [6.45, 7) is 7.78. The van der Waals surface area contributed by atoms with Crippen LogP contribution in [0.25, 0.3) is 0 Å². The standard InChI is InChI=1S/C20H23N5O.C2H6.CH4/c1-3-18(26)22-16-10-7-11-17(12-16)23-19-14(2)13-21-20(25-19)24-15-8-5-4-6-9-15;1-2;/h5,7-13H,3-4,6H2,1-2H3,(H,22,26)(H2,21,23,24,25);1-2H3;1H4. The normalized spacial score (nSPS) is 11.9. The molecule has 6 heteroatoms. The molecule has 6 nitrogen and oxygen atoms in total. The van der Waals surface area contributed by atoms with Crippen LogP contribution in [0.5, 0.6) is 0 Å². The van der Waals surface area contributed by atoms with Crippen LogP contribution in [0.1, 0.15) is 53.0 Å². The van der Waals surface area contributed by atoms with Gasteiger partial charge < -0.3 is 16.0 Å². The van der Waals surface area contributed by atoms with E-state index in [1.165, 1.54) is 0 Å². The summed E-state index contributed by atoms with van der Waals surface area (Å²) in [7, 11) is 0. The minimum atomic E-state index is -0.0133. The zero-order chi connectivity index (χ0) is 20.4. The van der Waals surface area contributed by atoms with Crippen LogP contribution < -0.4 is 16.0 Å². The summed E-state index contributed by atoms with van der Waals surface area (Å²) in [6.07, 6.45) is 10.6. The highest BCUT2D eigenvalue weighted by Gasteiger charge is 2.07. The molecule has 0 fully saturated rings. The SMILES string of the molecule is C.CC.CCC(=O)Nc1cccc(Nc2nc(NC3=CCCC=C3)ncc2C)c1. The number of anilines is 4. The Morgan fingerprint density at radius 2 is 1.90 bits per heavy atom. The quantitative estimate of drug-likeness (QED) is 0.544. The van der Waals surface area contributed by atoms with E-state index in [0.29, 0.717) is 12.4 Å². The first kappa shape index (κ1) is 23.9. The number of hydrogen-bond donors (Lipinski definition) is 3. The molecule has 0 saturated carbocycles. The molecule has 0 radical (unpaired) electrons. The molecule has 3 rings (SSSR count). The van der Waals surface area contributed by atoms with Gasteiger partial charge in [0.2, 0.25) is 11.9 Å². The van der Waals surface area contributed by atoms with Gasteiger partial charge in [0.05, 0.1) is 0 Å². The summed E-state index contributed by atoms with van der Waals surface area (Å²) in [5.74, 6) is 1.26. The fraction of sp³-hybridized carbons (Fsp3) is 0.348. The molecule has 2 aromatic rings. The van der Waals surface area contributed by atoms with E-state index in [2.05, 4.69) is 38.1 Å². The number of nitrogens with one attached hydrogen (secondary N) is 3. The van der Waals surface area contributed by atoms with Crippen molar-refractivity contribution in [3.05, 3.63) is 60.0 Å². The number of benzene rings is 1. The predicted molar refractivity (Wildman–Crippen MR) is 124 cm³/mol. The zero-order valence-corrected chi connectivity index (χ0v) is 17.0. The molecule has 0 saturated heterocycles. The van der Waals surface area contributed by atoms with Crippen molar-refractivity contribution in [1.29, 1.82) is 0 Å². The number of carbonyl (C=O) groups is 1. The van der Waals surface area contributed by atoms with E-state index in [1.54, 1.807) is 6.20 Å². The largest absolute Gasteiger partial charge is 0.340 e. The Labute approximate surface area is 174 Å². The van der Waals surface area contributed by atoms with Gasteiger partial charge in [-0.3, -0.25) is 4.79 Å². The maximum atomic E-state index is 11.6. The molecule has 0 atom stereocenters. The van der Waals surface area contributed by atoms with Crippen LogP contribution in [0.4, 0.5) is 23.1 Å². The van der Waals surface area contributed by atoms with Crippen molar-refractivity contribution < 1.29 is 4.79 Å². The average Bonchev–Trinajstić information content (AvgIpc) is 2.73. The van der Waals surface area contributed by atoms with Crippen molar-refractivity contribution in [3.8, 4) is 0 Å². The summed E-state index contributed by atoms with van der Waals surface area (Å²) in [5, 5.41) is 9.39. The number of aryl methyl sites for hydroxylation is 1. The molecule has 3 N–H and O–H groups in total. The summed E-state index contributed by atoms with van der Waals surface area (Å²) < 4.78 is 0. The van der Waals surface area contributed by atoms with Crippen molar-refractivity contribution in [3.63, 3.8) is 0 Å². The fourth-order valence-corrected chi connectivity index (χ4v) is 2.52. The van der Waals surface area contributed by atoms with Gasteiger partial charge in [0.25, 0.3) is 0 Å². The predicted octanol–water partition coefficient (Wildman–Crippen LogP) is 6.19. The first-order chi connectivity index (χ1) is 13.6. The van der Waals surface area contributed by atoms with E-state index in [4.69, 9.17) is 0 Å². The van der Waals surface area contributed by atoms with E-state index in [9.17, 15) is 4.79 Å². The van der Waals surface area contributed by atoms with Gasteiger partial charge in [-0.2, -0.15) is 4.98 Å². The van der Waals surface area contributed by atoms with Gasteiger partial charge in [0.15, 0.2) is 0 Å². The number of carbonyl (C=O) groups excluding carboxylic acids is 1. The van der Waals surface area contributed by atoms with Crippen LogP contribution in [0.3, 0.4) is 0 Å². The number of aromatic nitrogens is 2. The molecule has 0 aliphatic heterocycles. The Morgan fingerprint density at radius 3 is 2.59 bits per heavy atom. The highest BCUT2D eigenvalue weighted by molar-refractivity contribution is 5.91. The Balaban J connectivity index is 0.00000136. The molecule has 1 aromatic heterocycles. The van der Waals surface area contributed by atoms with Crippen LogP contribution in [-0.2, 0) is 4.79 Å². The second-order valence-corrected chi connectivity index (χ2v) is 6.10. The van der Waals surface area contributed by atoms with Crippen LogP contribution in [-0.4, -0.2) is 15.9 Å². The number of nitrogens with zero attached hydrogens (tertiary/aromatic N) is 2. The summed E-state index contributed by atoms with van der Waals surface area (Å²) >= 11 is 0. The molecule has 29 heavy (non-hydrogen) atoms. The van der Waals surface area contributed by atoms with Crippen LogP contribution >= 0.6 is 0 Å². The number of hydrogen-bond acceptors (Lipinski definition) is 5. The van der Waals surface area contributed by atoms with Crippen molar-refractivity contribution in [2.75, 3.05) is 16.0 Å². The van der Waals surface area contributed by atoms with Crippen LogP contribution in [0, 0.1) is 6.92 Å². The molecule has 156 valence electrons. The molecule has 0 unspecified atom stereocenters. The van der Waals surface area contributed by atoms with E-state index < -0.39 is 0 Å². The first-order valence-corrected chi connectivity index (χ1v) is 9.78. The second-order valence-electron chi connectivity index (χ2n) is 6.10. The van der Waals surface area contributed by atoms with Gasteiger partial charge in [-0.1, -0.05) is 46.4 Å². The third-order valence-electron chi connectivity index (χ3n) is 3.95. The summed E-state index contributed by atoms with van der Waals surface area (Å²) in [5.41, 5.74) is 3.55. The first-order valence-electron chi connectivity index (χ1n) is 9.78. The number of amides is 1. The lowest BCUT2D eigenvalue weighted by atomic mass is 10.1. The topological polar surface area (TPSA) is 78.9 Å². The lowest BCUT2D eigenvalue weighted by Gasteiger charge is -2.13. The average molecular weight is 396 g/mol. The third kappa shape index (κ3) is 7.41.